The normalized spacial score (nSPS) is 10.7. The molecule has 0 radical (unpaired) electrons. The van der Waals surface area contributed by atoms with Crippen molar-refractivity contribution in [3.05, 3.63) is 0 Å². The number of carbonyl (C=O) groups is 2. The Labute approximate surface area is 71.8 Å². The van der Waals surface area contributed by atoms with Gasteiger partial charge in [0.15, 0.2) is 0 Å². The van der Waals surface area contributed by atoms with Crippen LogP contribution in [0.4, 0.5) is 0 Å². The molecule has 70 valence electrons. The van der Waals surface area contributed by atoms with Crippen molar-refractivity contribution in [1.82, 2.24) is 4.67 Å². The summed E-state index contributed by atoms with van der Waals surface area (Å²) in [4.78, 5) is 20.5. The molecule has 0 amide bonds. The SMILES string of the molecule is CP(C)N(CC(=O)O)CC(=O)O. The van der Waals surface area contributed by atoms with E-state index in [1.165, 1.54) is 4.67 Å². The summed E-state index contributed by atoms with van der Waals surface area (Å²) in [5.41, 5.74) is 0. The summed E-state index contributed by atoms with van der Waals surface area (Å²) >= 11 is 0. The highest BCUT2D eigenvalue weighted by Gasteiger charge is 2.15. The van der Waals surface area contributed by atoms with Crippen LogP contribution < -0.4 is 0 Å². The summed E-state index contributed by atoms with van der Waals surface area (Å²) in [6.45, 7) is 3.23. The van der Waals surface area contributed by atoms with Crippen LogP contribution in [0.2, 0.25) is 0 Å². The van der Waals surface area contributed by atoms with E-state index in [1.807, 2.05) is 13.3 Å². The molecular weight excluding hydrogens is 181 g/mol. The standard InChI is InChI=1S/C6H12NO4P/c1-12(2)7(3-5(8)9)4-6(10)11/h3-4H2,1-2H3,(H,8,9)(H,10,11). The minimum absolute atomic E-state index is 0.203. The molecule has 5 nitrogen and oxygen atoms in total. The summed E-state index contributed by atoms with van der Waals surface area (Å²) in [6, 6.07) is 0. The number of hydrogen-bond donors (Lipinski definition) is 2. The third-order valence-electron chi connectivity index (χ3n) is 1.20. The van der Waals surface area contributed by atoms with Gasteiger partial charge in [0.1, 0.15) is 13.1 Å². The fraction of sp³-hybridized carbons (Fsp3) is 0.667. The highest BCUT2D eigenvalue weighted by atomic mass is 31.1. The van der Waals surface area contributed by atoms with Gasteiger partial charge in [-0.1, -0.05) is 0 Å². The van der Waals surface area contributed by atoms with Crippen molar-refractivity contribution in [3.63, 3.8) is 0 Å². The van der Waals surface area contributed by atoms with Gasteiger partial charge >= 0.3 is 11.9 Å². The predicted molar refractivity (Wildman–Crippen MR) is 45.6 cm³/mol. The maximum absolute atomic E-state index is 10.3. The van der Waals surface area contributed by atoms with Gasteiger partial charge in [0.2, 0.25) is 0 Å². The van der Waals surface area contributed by atoms with E-state index < -0.39 is 20.0 Å². The third-order valence-corrected chi connectivity index (χ3v) is 2.62. The average molecular weight is 193 g/mol. The first-order valence-corrected chi connectivity index (χ1v) is 5.48. The Morgan fingerprint density at radius 3 is 1.67 bits per heavy atom. The van der Waals surface area contributed by atoms with Gasteiger partial charge in [-0.15, -0.1) is 0 Å². The van der Waals surface area contributed by atoms with Gasteiger partial charge in [-0.25, -0.2) is 0 Å². The van der Waals surface area contributed by atoms with E-state index >= 15 is 0 Å². The first-order chi connectivity index (χ1) is 5.43. The number of carboxylic acids is 2. The van der Waals surface area contributed by atoms with Crippen LogP contribution >= 0.6 is 8.07 Å². The zero-order chi connectivity index (χ0) is 9.72. The molecule has 2 N–H and O–H groups in total. The van der Waals surface area contributed by atoms with Gasteiger partial charge in [-0.05, 0) is 21.4 Å². The molecular formula is C6H12NO4P. The highest BCUT2D eigenvalue weighted by Crippen LogP contribution is 2.29. The second kappa shape index (κ2) is 5.06. The molecule has 0 heterocycles. The number of aliphatic carboxylic acids is 2. The second-order valence-electron chi connectivity index (χ2n) is 2.46. The monoisotopic (exact) mass is 193 g/mol. The van der Waals surface area contributed by atoms with Crippen molar-refractivity contribution in [2.24, 2.45) is 0 Å². The van der Waals surface area contributed by atoms with Gasteiger partial charge in [0.25, 0.3) is 0 Å². The fourth-order valence-electron chi connectivity index (χ4n) is 0.651. The van der Waals surface area contributed by atoms with Crippen LogP contribution in [-0.2, 0) is 9.59 Å². The van der Waals surface area contributed by atoms with E-state index in [1.54, 1.807) is 0 Å². The van der Waals surface area contributed by atoms with E-state index in [0.29, 0.717) is 0 Å². The molecule has 0 aromatic rings. The molecule has 0 rings (SSSR count). The molecule has 0 unspecified atom stereocenters. The quantitative estimate of drug-likeness (QED) is 0.606. The smallest absolute Gasteiger partial charge is 0.318 e. The Kier molecular flexibility index (Phi) is 4.78. The summed E-state index contributed by atoms with van der Waals surface area (Å²) in [7, 11) is -0.657. The lowest BCUT2D eigenvalue weighted by molar-refractivity contribution is -0.139. The van der Waals surface area contributed by atoms with Crippen LogP contribution in [0.25, 0.3) is 0 Å². The molecule has 0 atom stereocenters. The molecule has 0 fully saturated rings. The predicted octanol–water partition coefficient (Wildman–Crippen LogP) is 0.114. The fourth-order valence-corrected chi connectivity index (χ4v) is 1.46. The lowest BCUT2D eigenvalue weighted by Crippen LogP contribution is -2.29. The van der Waals surface area contributed by atoms with Crippen LogP contribution in [0.3, 0.4) is 0 Å². The van der Waals surface area contributed by atoms with Crippen molar-refractivity contribution in [1.29, 1.82) is 0 Å². The topological polar surface area (TPSA) is 77.8 Å². The Morgan fingerprint density at radius 1 is 1.17 bits per heavy atom. The van der Waals surface area contributed by atoms with Crippen LogP contribution in [0.5, 0.6) is 0 Å². The van der Waals surface area contributed by atoms with Crippen molar-refractivity contribution < 1.29 is 19.8 Å². The number of hydrogen-bond acceptors (Lipinski definition) is 3. The molecule has 0 aliphatic heterocycles. The summed E-state index contributed by atoms with van der Waals surface area (Å²) in [6.07, 6.45) is 0. The Morgan fingerprint density at radius 2 is 1.50 bits per heavy atom. The molecule has 6 heteroatoms. The lowest BCUT2D eigenvalue weighted by Gasteiger charge is -2.21. The average Bonchev–Trinajstić information content (AvgIpc) is 1.83. The summed E-state index contributed by atoms with van der Waals surface area (Å²) < 4.78 is 1.43. The van der Waals surface area contributed by atoms with E-state index in [2.05, 4.69) is 0 Å². The maximum Gasteiger partial charge on any atom is 0.318 e. The molecule has 12 heavy (non-hydrogen) atoms. The van der Waals surface area contributed by atoms with Crippen LogP contribution in [0, 0.1) is 0 Å². The van der Waals surface area contributed by atoms with Crippen molar-refractivity contribution in [2.45, 2.75) is 0 Å². The maximum atomic E-state index is 10.3. The molecule has 0 bridgehead atoms. The molecule has 0 aromatic carbocycles. The molecule has 0 saturated carbocycles. The lowest BCUT2D eigenvalue weighted by atomic mass is 10.6. The Bertz CT molecular complexity index is 166. The first kappa shape index (κ1) is 11.3. The summed E-state index contributed by atoms with van der Waals surface area (Å²) in [5, 5.41) is 16.8. The van der Waals surface area contributed by atoms with E-state index in [0.717, 1.165) is 0 Å². The zero-order valence-electron chi connectivity index (χ0n) is 7.02. The molecule has 0 aliphatic carbocycles. The second-order valence-corrected chi connectivity index (χ2v) is 4.72. The van der Waals surface area contributed by atoms with E-state index in [-0.39, 0.29) is 13.1 Å². The van der Waals surface area contributed by atoms with Crippen molar-refractivity contribution in [2.75, 3.05) is 26.4 Å². The first-order valence-electron chi connectivity index (χ1n) is 3.29. The van der Waals surface area contributed by atoms with Gasteiger partial charge in [-0.3, -0.25) is 14.3 Å². The Hall–Kier alpha value is -0.670. The van der Waals surface area contributed by atoms with E-state index in [4.69, 9.17) is 10.2 Å². The van der Waals surface area contributed by atoms with Crippen LogP contribution in [0.1, 0.15) is 0 Å². The molecule has 0 spiro atoms. The van der Waals surface area contributed by atoms with Crippen molar-refractivity contribution >= 4 is 20.0 Å². The van der Waals surface area contributed by atoms with Crippen molar-refractivity contribution in [3.8, 4) is 0 Å². The largest absolute Gasteiger partial charge is 0.480 e. The van der Waals surface area contributed by atoms with Crippen LogP contribution in [-0.4, -0.2) is 53.2 Å². The number of carboxylic acid groups (broad SMARTS) is 2. The molecule has 0 aliphatic rings. The van der Waals surface area contributed by atoms with Gasteiger partial charge in [0, 0.05) is 0 Å². The third kappa shape index (κ3) is 5.04. The zero-order valence-corrected chi connectivity index (χ0v) is 7.91. The minimum Gasteiger partial charge on any atom is -0.480 e. The summed E-state index contributed by atoms with van der Waals surface area (Å²) in [5.74, 6) is -1.99. The number of nitrogens with zero attached hydrogens (tertiary/aromatic N) is 1. The molecule has 0 aromatic heterocycles. The van der Waals surface area contributed by atoms with E-state index in [9.17, 15) is 9.59 Å². The Balaban J connectivity index is 4.04. The highest BCUT2D eigenvalue weighted by molar-refractivity contribution is 7.53. The van der Waals surface area contributed by atoms with Gasteiger partial charge < -0.3 is 10.2 Å². The number of rotatable bonds is 5. The minimum atomic E-state index is -0.993. The van der Waals surface area contributed by atoms with Gasteiger partial charge in [0.05, 0.1) is 0 Å². The molecule has 0 saturated heterocycles. The van der Waals surface area contributed by atoms with Gasteiger partial charge in [-0.2, -0.15) is 0 Å². The van der Waals surface area contributed by atoms with Crippen LogP contribution in [0.15, 0.2) is 0 Å².